The van der Waals surface area contributed by atoms with Gasteiger partial charge >= 0.3 is 0 Å². The summed E-state index contributed by atoms with van der Waals surface area (Å²) in [5.41, 5.74) is 0.972. The summed E-state index contributed by atoms with van der Waals surface area (Å²) in [6, 6.07) is 8.21. The maximum absolute atomic E-state index is 5.94. The molecule has 2 aromatic rings. The van der Waals surface area contributed by atoms with Crippen LogP contribution in [0.15, 0.2) is 35.8 Å². The second-order valence-electron chi connectivity index (χ2n) is 5.09. The van der Waals surface area contributed by atoms with Crippen LogP contribution in [0.1, 0.15) is 5.56 Å². The molecule has 3 nitrogen and oxygen atoms in total. The molecular weight excluding hydrogens is 302 g/mol. The Balaban J connectivity index is 1.47. The van der Waals surface area contributed by atoms with Gasteiger partial charge in [-0.05, 0) is 18.2 Å². The predicted octanol–water partition coefficient (Wildman–Crippen LogP) is 2.97. The van der Waals surface area contributed by atoms with Crippen LogP contribution in [0, 0.1) is 11.8 Å². The lowest BCUT2D eigenvalue weighted by Crippen LogP contribution is -2.58. The number of hydrogen-bond acceptors (Lipinski definition) is 4. The quantitative estimate of drug-likeness (QED) is 0.811. The van der Waals surface area contributed by atoms with Crippen LogP contribution < -0.4 is 4.90 Å². The molecule has 21 heavy (non-hydrogen) atoms. The highest BCUT2D eigenvalue weighted by Gasteiger charge is 2.30. The fourth-order valence-corrected chi connectivity index (χ4v) is 3.15. The molecule has 1 saturated heterocycles. The summed E-state index contributed by atoms with van der Waals surface area (Å²) in [6.07, 6.45) is 1.85. The third-order valence-corrected chi connectivity index (χ3v) is 4.66. The van der Waals surface area contributed by atoms with Crippen molar-refractivity contribution >= 4 is 28.1 Å². The van der Waals surface area contributed by atoms with E-state index in [0.29, 0.717) is 6.04 Å². The Kier molecular flexibility index (Phi) is 4.45. The summed E-state index contributed by atoms with van der Waals surface area (Å²) in [5, 5.41) is 3.83. The molecule has 0 aliphatic carbocycles. The minimum absolute atomic E-state index is 0.545. The number of anilines is 1. The van der Waals surface area contributed by atoms with Gasteiger partial charge in [-0.25, -0.2) is 4.98 Å². The minimum Gasteiger partial charge on any atom is -0.346 e. The molecule has 2 heterocycles. The zero-order chi connectivity index (χ0) is 14.7. The lowest BCUT2D eigenvalue weighted by molar-refractivity contribution is 0.168. The van der Waals surface area contributed by atoms with Crippen molar-refractivity contribution in [2.75, 3.05) is 31.6 Å². The number of halogens is 1. The number of aromatic nitrogens is 1. The van der Waals surface area contributed by atoms with Crippen molar-refractivity contribution in [3.8, 4) is 11.8 Å². The summed E-state index contributed by atoms with van der Waals surface area (Å²) in [7, 11) is 2.11. The number of thiazole rings is 1. The second-order valence-corrected chi connectivity index (χ2v) is 6.40. The Morgan fingerprint density at radius 2 is 2.33 bits per heavy atom. The number of rotatable bonds is 3. The van der Waals surface area contributed by atoms with Gasteiger partial charge in [0.2, 0.25) is 0 Å². The van der Waals surface area contributed by atoms with Gasteiger partial charge in [-0.1, -0.05) is 29.5 Å². The number of nitrogens with zero attached hydrogens (tertiary/aromatic N) is 3. The Bertz CT molecular complexity index is 654. The Hall–Kier alpha value is -1.54. The smallest absolute Gasteiger partial charge is 0.185 e. The highest BCUT2D eigenvalue weighted by atomic mass is 35.5. The van der Waals surface area contributed by atoms with E-state index in [4.69, 9.17) is 11.6 Å². The Labute approximate surface area is 134 Å². The normalized spacial score (nSPS) is 15.1. The van der Waals surface area contributed by atoms with Gasteiger partial charge in [-0.15, -0.1) is 11.3 Å². The third-order valence-electron chi connectivity index (χ3n) is 3.57. The second kappa shape index (κ2) is 6.48. The molecule has 1 fully saturated rings. The molecular formula is C16H16ClN3S. The van der Waals surface area contributed by atoms with E-state index in [1.807, 2.05) is 35.8 Å². The van der Waals surface area contributed by atoms with Gasteiger partial charge < -0.3 is 4.90 Å². The van der Waals surface area contributed by atoms with Gasteiger partial charge in [-0.3, -0.25) is 4.90 Å². The fraction of sp³-hybridized carbons (Fsp3) is 0.312. The zero-order valence-corrected chi connectivity index (χ0v) is 13.4. The molecule has 0 atom stereocenters. The monoisotopic (exact) mass is 317 g/mol. The summed E-state index contributed by atoms with van der Waals surface area (Å²) in [5.74, 6) is 6.37. The predicted molar refractivity (Wildman–Crippen MR) is 89.1 cm³/mol. The van der Waals surface area contributed by atoms with Crippen molar-refractivity contribution in [3.05, 3.63) is 46.4 Å². The number of hydrogen-bond donors (Lipinski definition) is 0. The molecule has 0 amide bonds. The molecule has 0 bridgehead atoms. The fourth-order valence-electron chi connectivity index (χ4n) is 2.28. The van der Waals surface area contributed by atoms with Gasteiger partial charge in [0.05, 0.1) is 12.6 Å². The van der Waals surface area contributed by atoms with Gasteiger partial charge in [0.25, 0.3) is 0 Å². The van der Waals surface area contributed by atoms with E-state index in [1.165, 1.54) is 0 Å². The van der Waals surface area contributed by atoms with Gasteiger partial charge in [0, 0.05) is 42.3 Å². The first kappa shape index (κ1) is 14.4. The van der Waals surface area contributed by atoms with Crippen molar-refractivity contribution in [2.24, 2.45) is 0 Å². The van der Waals surface area contributed by atoms with Crippen LogP contribution in [-0.2, 0) is 0 Å². The van der Waals surface area contributed by atoms with Crippen LogP contribution in [0.5, 0.6) is 0 Å². The molecule has 5 heteroatoms. The summed E-state index contributed by atoms with van der Waals surface area (Å²) >= 11 is 7.62. The molecule has 0 radical (unpaired) electrons. The highest BCUT2D eigenvalue weighted by Crippen LogP contribution is 2.22. The van der Waals surface area contributed by atoms with E-state index in [2.05, 4.69) is 33.7 Å². The van der Waals surface area contributed by atoms with E-state index in [0.717, 1.165) is 35.4 Å². The Morgan fingerprint density at radius 3 is 3.05 bits per heavy atom. The van der Waals surface area contributed by atoms with E-state index < -0.39 is 0 Å². The molecule has 1 aromatic carbocycles. The van der Waals surface area contributed by atoms with Crippen LogP contribution in [-0.4, -0.2) is 42.6 Å². The first-order chi connectivity index (χ1) is 10.2. The van der Waals surface area contributed by atoms with Crippen LogP contribution in [0.25, 0.3) is 0 Å². The van der Waals surface area contributed by atoms with E-state index in [9.17, 15) is 0 Å². The molecule has 0 saturated carbocycles. The average molecular weight is 318 g/mol. The summed E-state index contributed by atoms with van der Waals surface area (Å²) in [6.45, 7) is 2.88. The number of benzene rings is 1. The average Bonchev–Trinajstić information content (AvgIpc) is 2.95. The van der Waals surface area contributed by atoms with E-state index in [1.54, 1.807) is 11.3 Å². The molecule has 1 aliphatic heterocycles. The number of likely N-dealkylation sites (tertiary alicyclic amines) is 1. The lowest BCUT2D eigenvalue weighted by atomic mass is 10.1. The minimum atomic E-state index is 0.545. The van der Waals surface area contributed by atoms with Crippen molar-refractivity contribution in [1.29, 1.82) is 0 Å². The first-order valence-corrected chi connectivity index (χ1v) is 8.07. The van der Waals surface area contributed by atoms with Crippen LogP contribution in [0.2, 0.25) is 5.02 Å². The maximum Gasteiger partial charge on any atom is 0.185 e. The van der Waals surface area contributed by atoms with Crippen molar-refractivity contribution < 1.29 is 0 Å². The molecule has 108 valence electrons. The van der Waals surface area contributed by atoms with Gasteiger partial charge in [0.15, 0.2) is 5.13 Å². The molecule has 0 unspecified atom stereocenters. The van der Waals surface area contributed by atoms with Gasteiger partial charge in [0.1, 0.15) is 0 Å². The largest absolute Gasteiger partial charge is 0.346 e. The van der Waals surface area contributed by atoms with Crippen LogP contribution in [0.4, 0.5) is 5.13 Å². The SMILES string of the molecule is CN(c1nccs1)C1CN(CC#Cc2cccc(Cl)c2)C1. The van der Waals surface area contributed by atoms with Crippen LogP contribution in [0.3, 0.4) is 0 Å². The topological polar surface area (TPSA) is 19.4 Å². The van der Waals surface area contributed by atoms with Gasteiger partial charge in [-0.2, -0.15) is 0 Å². The molecule has 1 aliphatic rings. The van der Waals surface area contributed by atoms with Crippen molar-refractivity contribution in [1.82, 2.24) is 9.88 Å². The Morgan fingerprint density at radius 1 is 1.48 bits per heavy atom. The molecule has 0 N–H and O–H groups in total. The molecule has 0 spiro atoms. The van der Waals surface area contributed by atoms with E-state index in [-0.39, 0.29) is 0 Å². The van der Waals surface area contributed by atoms with Crippen LogP contribution >= 0.6 is 22.9 Å². The summed E-state index contributed by atoms with van der Waals surface area (Å²) in [4.78, 5) is 8.93. The summed E-state index contributed by atoms with van der Waals surface area (Å²) < 4.78 is 0. The van der Waals surface area contributed by atoms with Crippen molar-refractivity contribution in [2.45, 2.75) is 6.04 Å². The zero-order valence-electron chi connectivity index (χ0n) is 11.8. The van der Waals surface area contributed by atoms with E-state index >= 15 is 0 Å². The first-order valence-electron chi connectivity index (χ1n) is 6.81. The molecule has 1 aromatic heterocycles. The maximum atomic E-state index is 5.94. The number of likely N-dealkylation sites (N-methyl/N-ethyl adjacent to an activating group) is 1. The lowest BCUT2D eigenvalue weighted by Gasteiger charge is -2.43. The third kappa shape index (κ3) is 3.56. The standard InChI is InChI=1S/C16H16ClN3S/c1-19(16-18-7-9-21-16)15-11-20(12-15)8-3-5-13-4-2-6-14(17)10-13/h2,4,6-7,9-10,15H,8,11-12H2,1H3. The molecule has 3 rings (SSSR count). The highest BCUT2D eigenvalue weighted by molar-refractivity contribution is 7.13. The van der Waals surface area contributed by atoms with Crippen molar-refractivity contribution in [3.63, 3.8) is 0 Å².